The van der Waals surface area contributed by atoms with Crippen LogP contribution in [-0.4, -0.2) is 66.7 Å². The smallest absolute Gasteiger partial charge is 0.278 e. The topological polar surface area (TPSA) is 163 Å². The van der Waals surface area contributed by atoms with Crippen molar-refractivity contribution in [1.29, 1.82) is 0 Å². The zero-order valence-electron chi connectivity index (χ0n) is 37.9. The summed E-state index contributed by atoms with van der Waals surface area (Å²) in [6, 6.07) is 16.1. The summed E-state index contributed by atoms with van der Waals surface area (Å²) in [4.78, 5) is 33.9. The number of nitrogens with zero attached hydrogens (tertiary/aromatic N) is 2. The van der Waals surface area contributed by atoms with E-state index in [0.717, 1.165) is 31.2 Å². The van der Waals surface area contributed by atoms with E-state index in [1.165, 1.54) is 88.8 Å². The number of amides is 1. The monoisotopic (exact) mass is 915 g/mol. The number of hydrogen-bond donors (Lipinski definition) is 3. The summed E-state index contributed by atoms with van der Waals surface area (Å²) in [6.07, 6.45) is 18.7. The number of rotatable bonds is 29. The first-order valence-corrected chi connectivity index (χ1v) is 25.9. The lowest BCUT2D eigenvalue weighted by molar-refractivity contribution is -0.121. The summed E-state index contributed by atoms with van der Waals surface area (Å²) >= 11 is 6.49. The largest absolute Gasteiger partial charge is 0.491 e. The van der Waals surface area contributed by atoms with Crippen LogP contribution in [0.4, 0.5) is 22.7 Å². The van der Waals surface area contributed by atoms with Gasteiger partial charge in [0.05, 0.1) is 39.8 Å². The molecule has 0 aliphatic rings. The molecule has 0 aromatic heterocycles. The second kappa shape index (κ2) is 26.0. The molecule has 15 heteroatoms. The van der Waals surface area contributed by atoms with Crippen molar-refractivity contribution in [3.8, 4) is 5.75 Å². The number of halogens is 1. The van der Waals surface area contributed by atoms with Crippen molar-refractivity contribution >= 4 is 71.8 Å². The van der Waals surface area contributed by atoms with Crippen molar-refractivity contribution in [3.63, 3.8) is 0 Å². The third-order valence-corrected chi connectivity index (χ3v) is 12.8. The van der Waals surface area contributed by atoms with Crippen LogP contribution >= 0.6 is 11.6 Å². The summed E-state index contributed by atoms with van der Waals surface area (Å²) < 4.78 is 61.7. The van der Waals surface area contributed by atoms with Gasteiger partial charge in [0.2, 0.25) is 10.0 Å². The van der Waals surface area contributed by atoms with Crippen LogP contribution in [-0.2, 0) is 29.6 Å². The quantitative estimate of drug-likeness (QED) is 0.0352. The number of aliphatic imine (C=N–C) groups is 1. The van der Waals surface area contributed by atoms with E-state index in [2.05, 4.69) is 26.7 Å². The van der Waals surface area contributed by atoms with Crippen molar-refractivity contribution in [2.45, 2.75) is 136 Å². The third kappa shape index (κ3) is 18.4. The van der Waals surface area contributed by atoms with Gasteiger partial charge in [-0.05, 0) is 74.4 Å². The van der Waals surface area contributed by atoms with E-state index < -0.39 is 37.2 Å². The number of carbonyl (C=O) groups is 2. The number of Topliss-reactive ketones (excluding diaryl/α,β-unsaturated/α-hetero) is 1. The molecule has 1 amide bonds. The molecule has 0 fully saturated rings. The summed E-state index contributed by atoms with van der Waals surface area (Å²) in [5.74, 6) is -0.987. The number of unbranched alkanes of at least 4 members (excludes halogenated alkanes) is 13. The Morgan fingerprint density at radius 3 is 1.94 bits per heavy atom. The van der Waals surface area contributed by atoms with E-state index in [1.807, 2.05) is 17.9 Å². The molecule has 3 rings (SSSR count). The molecular weight excluding hydrogens is 846 g/mol. The number of benzene rings is 3. The van der Waals surface area contributed by atoms with Crippen molar-refractivity contribution in [2.75, 3.05) is 47.4 Å². The van der Waals surface area contributed by atoms with Gasteiger partial charge in [0, 0.05) is 30.7 Å². The molecule has 0 bridgehead atoms. The minimum atomic E-state index is -4.19. The van der Waals surface area contributed by atoms with Crippen LogP contribution in [0.1, 0.15) is 130 Å². The predicted octanol–water partition coefficient (Wildman–Crippen LogP) is 11.0. The number of ketones is 1. The van der Waals surface area contributed by atoms with E-state index in [4.69, 9.17) is 16.3 Å². The van der Waals surface area contributed by atoms with Crippen molar-refractivity contribution < 1.29 is 31.2 Å². The molecule has 0 atom stereocenters. The molecule has 0 radical (unpaired) electrons. The first kappa shape index (κ1) is 52.4. The van der Waals surface area contributed by atoms with Gasteiger partial charge in [-0.3, -0.25) is 14.3 Å². The molecule has 0 aliphatic carbocycles. The fraction of sp³-hybridized carbons (Fsp3) is 0.553. The van der Waals surface area contributed by atoms with Crippen molar-refractivity contribution in [2.24, 2.45) is 10.4 Å². The molecule has 0 saturated carbocycles. The Kier molecular flexibility index (Phi) is 21.9. The maximum Gasteiger partial charge on any atom is 0.278 e. The number of nitrogens with one attached hydrogen (secondary N) is 3. The number of aryl methyl sites for hydroxylation is 1. The summed E-state index contributed by atoms with van der Waals surface area (Å²) in [5.41, 5.74) is 0.734. The van der Waals surface area contributed by atoms with Gasteiger partial charge in [0.25, 0.3) is 15.9 Å². The lowest BCUT2D eigenvalue weighted by Crippen LogP contribution is -2.37. The van der Waals surface area contributed by atoms with Crippen LogP contribution in [0.3, 0.4) is 0 Å². The number of ether oxygens (including phenoxy) is 1. The van der Waals surface area contributed by atoms with Gasteiger partial charge in [0.1, 0.15) is 5.75 Å². The maximum atomic E-state index is 13.9. The Labute approximate surface area is 377 Å². The van der Waals surface area contributed by atoms with Gasteiger partial charge in [-0.15, -0.1) is 0 Å². The molecule has 0 aliphatic heterocycles. The lowest BCUT2D eigenvalue weighted by atomic mass is 9.87. The standard InChI is InChI=1S/C47H70ClN5O7S2/c1-8-10-11-12-13-14-15-16-17-18-19-20-21-24-33-60-43-26-23-22-25-41(43)52-62(58,59)38-28-29-39(48)42(35-38)51-46(55)44(45(54)47(4,5)6)50-40-30-27-37(34-36(40)3)53(9-2)32-31-49-61(7,56)57/h22-23,25-30,34-35,49,52H,8-21,24,31-33H2,1-7H3,(H,51,55). The second-order valence-electron chi connectivity index (χ2n) is 16.9. The van der Waals surface area contributed by atoms with Gasteiger partial charge in [0.15, 0.2) is 11.5 Å². The fourth-order valence-electron chi connectivity index (χ4n) is 6.79. The number of carbonyl (C=O) groups excluding carboxylic acids is 2. The summed E-state index contributed by atoms with van der Waals surface area (Å²) in [7, 11) is -7.52. The molecule has 0 spiro atoms. The van der Waals surface area contributed by atoms with Gasteiger partial charge >= 0.3 is 0 Å². The second-order valence-corrected chi connectivity index (χ2v) is 20.8. The third-order valence-electron chi connectivity index (χ3n) is 10.4. The van der Waals surface area contributed by atoms with E-state index in [-0.39, 0.29) is 33.5 Å². The highest BCUT2D eigenvalue weighted by Crippen LogP contribution is 2.31. The maximum absolute atomic E-state index is 13.9. The summed E-state index contributed by atoms with van der Waals surface area (Å²) in [6.45, 7) is 12.7. The van der Waals surface area contributed by atoms with Gasteiger partial charge in [-0.1, -0.05) is 135 Å². The number of sulfonamides is 2. The van der Waals surface area contributed by atoms with Gasteiger partial charge in [-0.2, -0.15) is 0 Å². The number of para-hydroxylation sites is 2. The van der Waals surface area contributed by atoms with Gasteiger partial charge < -0.3 is 15.0 Å². The molecular formula is C47H70ClN5O7S2. The lowest BCUT2D eigenvalue weighted by Gasteiger charge is -2.24. The SMILES string of the molecule is CCCCCCCCCCCCCCCCOc1ccccc1NS(=O)(=O)c1ccc(Cl)c(NC(=O)C(=Nc2ccc(N(CC)CCNS(C)(=O)=O)cc2C)C(=O)C(C)(C)C)c1. The normalized spacial score (nSPS) is 12.3. The minimum Gasteiger partial charge on any atom is -0.491 e. The Morgan fingerprint density at radius 1 is 0.774 bits per heavy atom. The number of anilines is 3. The van der Waals surface area contributed by atoms with Crippen LogP contribution in [0, 0.1) is 12.3 Å². The minimum absolute atomic E-state index is 0.0235. The Morgan fingerprint density at radius 2 is 1.37 bits per heavy atom. The highest BCUT2D eigenvalue weighted by Gasteiger charge is 2.32. The Bertz CT molecular complexity index is 2160. The van der Waals surface area contributed by atoms with Crippen LogP contribution in [0.15, 0.2) is 70.6 Å². The molecule has 0 saturated heterocycles. The van der Waals surface area contributed by atoms with Crippen LogP contribution < -0.4 is 24.4 Å². The zero-order chi connectivity index (χ0) is 45.8. The molecule has 344 valence electrons. The first-order valence-electron chi connectivity index (χ1n) is 22.2. The average molecular weight is 917 g/mol. The molecule has 3 N–H and O–H groups in total. The molecule has 3 aromatic rings. The van der Waals surface area contributed by atoms with E-state index in [9.17, 15) is 26.4 Å². The highest BCUT2D eigenvalue weighted by molar-refractivity contribution is 7.92. The van der Waals surface area contributed by atoms with Gasteiger partial charge in [-0.25, -0.2) is 26.6 Å². The number of hydrogen-bond acceptors (Lipinski definition) is 9. The average Bonchev–Trinajstić information content (AvgIpc) is 3.20. The predicted molar refractivity (Wildman–Crippen MR) is 257 cm³/mol. The van der Waals surface area contributed by atoms with E-state index >= 15 is 0 Å². The van der Waals surface area contributed by atoms with Crippen LogP contribution in [0.2, 0.25) is 5.02 Å². The summed E-state index contributed by atoms with van der Waals surface area (Å²) in [5, 5.41) is 2.69. The van der Waals surface area contributed by atoms with Crippen molar-refractivity contribution in [3.05, 3.63) is 71.2 Å². The van der Waals surface area contributed by atoms with Crippen LogP contribution in [0.25, 0.3) is 0 Å². The molecule has 0 heterocycles. The molecule has 12 nitrogen and oxygen atoms in total. The zero-order valence-corrected chi connectivity index (χ0v) is 40.3. The Balaban J connectivity index is 1.66. The van der Waals surface area contributed by atoms with E-state index in [0.29, 0.717) is 36.7 Å². The highest BCUT2D eigenvalue weighted by atomic mass is 35.5. The molecule has 3 aromatic carbocycles. The first-order chi connectivity index (χ1) is 29.4. The van der Waals surface area contributed by atoms with E-state index in [1.54, 1.807) is 64.1 Å². The van der Waals surface area contributed by atoms with Crippen molar-refractivity contribution in [1.82, 2.24) is 4.72 Å². The molecule has 0 unspecified atom stereocenters. The van der Waals surface area contributed by atoms with Crippen LogP contribution in [0.5, 0.6) is 5.75 Å². The fourth-order valence-corrected chi connectivity index (χ4v) is 8.51. The number of likely N-dealkylation sites (N-methyl/N-ethyl adjacent to an activating group) is 1. The molecule has 62 heavy (non-hydrogen) atoms. The Hall–Kier alpha value is -3.98.